The highest BCUT2D eigenvalue weighted by Gasteiger charge is 2.32. The first-order valence-corrected chi connectivity index (χ1v) is 12.5. The fourth-order valence-corrected chi connectivity index (χ4v) is 5.78. The van der Waals surface area contributed by atoms with Crippen LogP contribution in [0.2, 0.25) is 0 Å². The molecular weight excluding hydrogens is 500 g/mol. The smallest absolute Gasteiger partial charge is 0.226 e. The highest BCUT2D eigenvalue weighted by molar-refractivity contribution is 9.10. The van der Waals surface area contributed by atoms with Crippen molar-refractivity contribution in [2.45, 2.75) is 31.1 Å². The van der Waals surface area contributed by atoms with E-state index >= 15 is 0 Å². The Balaban J connectivity index is 1.81. The molecule has 0 radical (unpaired) electrons. The minimum Gasteiger partial charge on any atom is -0.497 e. The molecule has 1 aliphatic rings. The Labute approximate surface area is 195 Å². The van der Waals surface area contributed by atoms with Crippen molar-refractivity contribution in [3.63, 3.8) is 0 Å². The molecule has 1 aliphatic heterocycles. The van der Waals surface area contributed by atoms with E-state index in [1.165, 1.54) is 25.2 Å². The number of amides is 2. The summed E-state index contributed by atoms with van der Waals surface area (Å²) in [6, 6.07) is 8.27. The Hall–Kier alpha value is -2.59. The topological polar surface area (TPSA) is 102 Å². The van der Waals surface area contributed by atoms with Gasteiger partial charge >= 0.3 is 0 Å². The van der Waals surface area contributed by atoms with E-state index in [4.69, 9.17) is 9.47 Å². The monoisotopic (exact) mass is 524 g/mol. The Morgan fingerprint density at radius 3 is 2.56 bits per heavy atom. The highest BCUT2D eigenvalue weighted by Crippen LogP contribution is 2.38. The quantitative estimate of drug-likeness (QED) is 0.566. The minimum absolute atomic E-state index is 0.0629. The number of fused-ring (bicyclic) bond motifs is 1. The van der Waals surface area contributed by atoms with Crippen LogP contribution >= 0.6 is 15.9 Å². The maximum atomic E-state index is 13.2. The van der Waals surface area contributed by atoms with Gasteiger partial charge in [0, 0.05) is 29.9 Å². The second kappa shape index (κ2) is 9.91. The third-order valence-electron chi connectivity index (χ3n) is 5.21. The standard InChI is InChI=1S/C22H25BrN2O6S/c1-4-21(27)25-9-7-14-11-15(23)12-19(22(14)25)32(28,29)10-8-20(26)24-17-13-16(30-2)5-6-18(17)31-3/h5-6,11-13H,4,7-10H2,1-3H3,(H,24,26). The number of rotatable bonds is 8. The van der Waals surface area contributed by atoms with Crippen molar-refractivity contribution < 1.29 is 27.5 Å². The molecule has 0 atom stereocenters. The number of benzene rings is 2. The van der Waals surface area contributed by atoms with Crippen LogP contribution in [0.5, 0.6) is 11.5 Å². The fraction of sp³-hybridized carbons (Fsp3) is 0.364. The summed E-state index contributed by atoms with van der Waals surface area (Å²) in [6.07, 6.45) is 0.602. The molecule has 172 valence electrons. The average molecular weight is 525 g/mol. The molecule has 1 heterocycles. The first-order valence-electron chi connectivity index (χ1n) is 10.1. The Morgan fingerprint density at radius 1 is 1.16 bits per heavy atom. The van der Waals surface area contributed by atoms with Gasteiger partial charge < -0.3 is 19.7 Å². The third-order valence-corrected chi connectivity index (χ3v) is 7.39. The van der Waals surface area contributed by atoms with Crippen LogP contribution in [-0.2, 0) is 25.8 Å². The fourth-order valence-electron chi connectivity index (χ4n) is 3.61. The Morgan fingerprint density at radius 2 is 1.91 bits per heavy atom. The first kappa shape index (κ1) is 24.1. The lowest BCUT2D eigenvalue weighted by atomic mass is 10.2. The molecule has 0 bridgehead atoms. The normalized spacial score (nSPS) is 12.9. The van der Waals surface area contributed by atoms with Crippen molar-refractivity contribution in [2.24, 2.45) is 0 Å². The van der Waals surface area contributed by atoms with Crippen LogP contribution in [0.15, 0.2) is 39.7 Å². The second-order valence-electron chi connectivity index (χ2n) is 7.24. The first-order chi connectivity index (χ1) is 15.2. The lowest BCUT2D eigenvalue weighted by Crippen LogP contribution is -2.29. The summed E-state index contributed by atoms with van der Waals surface area (Å²) in [4.78, 5) is 26.5. The lowest BCUT2D eigenvalue weighted by molar-refractivity contribution is -0.118. The van der Waals surface area contributed by atoms with Gasteiger partial charge in [-0.3, -0.25) is 9.59 Å². The van der Waals surface area contributed by atoms with Crippen molar-refractivity contribution in [3.8, 4) is 11.5 Å². The maximum Gasteiger partial charge on any atom is 0.226 e. The van der Waals surface area contributed by atoms with E-state index in [0.29, 0.717) is 40.3 Å². The lowest BCUT2D eigenvalue weighted by Gasteiger charge is -2.20. The van der Waals surface area contributed by atoms with Gasteiger partial charge in [-0.1, -0.05) is 22.9 Å². The molecule has 0 saturated carbocycles. The van der Waals surface area contributed by atoms with Crippen molar-refractivity contribution in [2.75, 3.05) is 36.7 Å². The molecule has 0 fully saturated rings. The van der Waals surface area contributed by atoms with Gasteiger partial charge in [0.15, 0.2) is 9.84 Å². The number of carbonyl (C=O) groups is 2. The third kappa shape index (κ3) is 5.07. The van der Waals surface area contributed by atoms with Crippen LogP contribution < -0.4 is 19.7 Å². The predicted octanol–water partition coefficient (Wildman–Crippen LogP) is 3.57. The molecule has 32 heavy (non-hydrogen) atoms. The summed E-state index contributed by atoms with van der Waals surface area (Å²) in [5.74, 6) is -0.0550. The zero-order valence-corrected chi connectivity index (χ0v) is 20.5. The molecule has 0 spiro atoms. The van der Waals surface area contributed by atoms with Gasteiger partial charge in [-0.15, -0.1) is 0 Å². The minimum atomic E-state index is -3.84. The van der Waals surface area contributed by atoms with Crippen molar-refractivity contribution >= 4 is 49.0 Å². The van der Waals surface area contributed by atoms with E-state index in [9.17, 15) is 18.0 Å². The van der Waals surface area contributed by atoms with Gasteiger partial charge in [-0.2, -0.15) is 0 Å². The van der Waals surface area contributed by atoms with E-state index in [2.05, 4.69) is 21.2 Å². The van der Waals surface area contributed by atoms with Crippen LogP contribution in [0.25, 0.3) is 0 Å². The second-order valence-corrected chi connectivity index (χ2v) is 10.2. The van der Waals surface area contributed by atoms with Crippen molar-refractivity contribution in [1.82, 2.24) is 0 Å². The van der Waals surface area contributed by atoms with Crippen LogP contribution in [0.1, 0.15) is 25.3 Å². The maximum absolute atomic E-state index is 13.2. The molecule has 8 nitrogen and oxygen atoms in total. The van der Waals surface area contributed by atoms with E-state index in [1.54, 1.807) is 25.1 Å². The molecule has 3 rings (SSSR count). The number of carbonyl (C=O) groups excluding carboxylic acids is 2. The van der Waals surface area contributed by atoms with Crippen LogP contribution in [0.4, 0.5) is 11.4 Å². The van der Waals surface area contributed by atoms with Gasteiger partial charge in [0.1, 0.15) is 11.5 Å². The summed E-state index contributed by atoms with van der Waals surface area (Å²) >= 11 is 3.36. The van der Waals surface area contributed by atoms with Gasteiger partial charge in [0.2, 0.25) is 11.8 Å². The summed E-state index contributed by atoms with van der Waals surface area (Å²) in [5, 5.41) is 2.68. The molecule has 0 saturated heterocycles. The molecule has 2 aromatic carbocycles. The summed E-state index contributed by atoms with van der Waals surface area (Å²) < 4.78 is 37.4. The van der Waals surface area contributed by atoms with E-state index < -0.39 is 21.5 Å². The molecule has 2 amide bonds. The summed E-state index contributed by atoms with van der Waals surface area (Å²) in [7, 11) is -0.865. The van der Waals surface area contributed by atoms with Crippen LogP contribution in [0, 0.1) is 0 Å². The number of anilines is 2. The number of ether oxygens (including phenoxy) is 2. The van der Waals surface area contributed by atoms with Gasteiger partial charge in [0.25, 0.3) is 0 Å². The average Bonchev–Trinajstić information content (AvgIpc) is 3.20. The summed E-state index contributed by atoms with van der Waals surface area (Å²) in [5.41, 5.74) is 1.61. The SMILES string of the molecule is CCC(=O)N1CCc2cc(Br)cc(S(=O)(=O)CCC(=O)Nc3cc(OC)ccc3OC)c21. The number of hydrogen-bond donors (Lipinski definition) is 1. The number of methoxy groups -OCH3 is 2. The molecule has 10 heteroatoms. The number of nitrogens with zero attached hydrogens (tertiary/aromatic N) is 1. The molecule has 2 aromatic rings. The Bertz CT molecular complexity index is 1150. The molecule has 1 N–H and O–H groups in total. The molecule has 0 aliphatic carbocycles. The number of hydrogen-bond acceptors (Lipinski definition) is 6. The van der Waals surface area contributed by atoms with Crippen LogP contribution in [-0.4, -0.2) is 46.7 Å². The zero-order valence-electron chi connectivity index (χ0n) is 18.1. The van der Waals surface area contributed by atoms with E-state index in [-0.39, 0.29) is 23.6 Å². The molecular formula is C22H25BrN2O6S. The molecule has 0 unspecified atom stereocenters. The van der Waals surface area contributed by atoms with Crippen molar-refractivity contribution in [3.05, 3.63) is 40.4 Å². The number of sulfone groups is 1. The van der Waals surface area contributed by atoms with E-state index in [1.807, 2.05) is 6.07 Å². The number of halogens is 1. The highest BCUT2D eigenvalue weighted by atomic mass is 79.9. The predicted molar refractivity (Wildman–Crippen MR) is 125 cm³/mol. The number of nitrogens with one attached hydrogen (secondary N) is 1. The van der Waals surface area contributed by atoms with Crippen molar-refractivity contribution in [1.29, 1.82) is 0 Å². The largest absolute Gasteiger partial charge is 0.497 e. The Kier molecular flexibility index (Phi) is 7.45. The van der Waals surface area contributed by atoms with Gasteiger partial charge in [-0.25, -0.2) is 8.42 Å². The van der Waals surface area contributed by atoms with Crippen LogP contribution in [0.3, 0.4) is 0 Å². The van der Waals surface area contributed by atoms with Gasteiger partial charge in [-0.05, 0) is 36.2 Å². The van der Waals surface area contributed by atoms with Gasteiger partial charge in [0.05, 0.1) is 36.2 Å². The molecule has 0 aromatic heterocycles. The zero-order chi connectivity index (χ0) is 23.5. The summed E-state index contributed by atoms with van der Waals surface area (Å²) in [6.45, 7) is 2.18. The van der Waals surface area contributed by atoms with E-state index in [0.717, 1.165) is 5.56 Å².